The molecule has 0 aliphatic rings. The lowest BCUT2D eigenvalue weighted by molar-refractivity contribution is -0.114. The maximum Gasteiger partial charge on any atom is 0.221 e. The Hall–Kier alpha value is -2.20. The van der Waals surface area contributed by atoms with Gasteiger partial charge in [0.1, 0.15) is 0 Å². The van der Waals surface area contributed by atoms with Crippen LogP contribution in [0.5, 0.6) is 0 Å². The fourth-order valence-corrected chi connectivity index (χ4v) is 1.92. The molecule has 0 saturated carbocycles. The van der Waals surface area contributed by atoms with Crippen LogP contribution in [0.2, 0.25) is 0 Å². The third-order valence-corrected chi connectivity index (χ3v) is 2.92. The first kappa shape index (κ1) is 14.2. The first-order chi connectivity index (χ1) is 9.74. The smallest absolute Gasteiger partial charge is 0.221 e. The summed E-state index contributed by atoms with van der Waals surface area (Å²) in [7, 11) is 0. The van der Waals surface area contributed by atoms with Gasteiger partial charge in [-0.05, 0) is 42.3 Å². The van der Waals surface area contributed by atoms with Crippen molar-refractivity contribution in [3.63, 3.8) is 0 Å². The molecule has 0 saturated heterocycles. The number of nitrogens with one attached hydrogen (secondary N) is 2. The monoisotopic (exact) mass is 269 g/mol. The van der Waals surface area contributed by atoms with Crippen LogP contribution >= 0.6 is 0 Å². The number of aromatic nitrogens is 1. The highest BCUT2D eigenvalue weighted by Gasteiger charge is 1.97. The Kier molecular flexibility index (Phi) is 5.26. The summed E-state index contributed by atoms with van der Waals surface area (Å²) in [6.45, 7) is 3.24. The molecule has 2 aromatic rings. The van der Waals surface area contributed by atoms with Gasteiger partial charge in [0.15, 0.2) is 0 Å². The third-order valence-electron chi connectivity index (χ3n) is 2.92. The van der Waals surface area contributed by atoms with Crippen LogP contribution in [0.3, 0.4) is 0 Å². The van der Waals surface area contributed by atoms with Gasteiger partial charge in [-0.15, -0.1) is 0 Å². The normalized spacial score (nSPS) is 10.2. The Labute approximate surface area is 119 Å². The fourth-order valence-electron chi connectivity index (χ4n) is 1.92. The molecule has 20 heavy (non-hydrogen) atoms. The molecule has 1 amide bonds. The molecule has 0 radical (unpaired) electrons. The number of benzene rings is 1. The molecule has 0 aliphatic carbocycles. The van der Waals surface area contributed by atoms with Crippen molar-refractivity contribution in [1.29, 1.82) is 0 Å². The highest BCUT2D eigenvalue weighted by atomic mass is 16.1. The number of amides is 1. The highest BCUT2D eigenvalue weighted by Crippen LogP contribution is 2.09. The van der Waals surface area contributed by atoms with E-state index in [4.69, 9.17) is 0 Å². The van der Waals surface area contributed by atoms with Crippen LogP contribution in [0.4, 0.5) is 5.69 Å². The largest absolute Gasteiger partial charge is 0.326 e. The van der Waals surface area contributed by atoms with E-state index in [-0.39, 0.29) is 5.91 Å². The van der Waals surface area contributed by atoms with Gasteiger partial charge in [-0.25, -0.2) is 0 Å². The zero-order chi connectivity index (χ0) is 14.2. The van der Waals surface area contributed by atoms with Gasteiger partial charge in [-0.3, -0.25) is 9.78 Å². The summed E-state index contributed by atoms with van der Waals surface area (Å²) in [5.41, 5.74) is 3.27. The Morgan fingerprint density at radius 2 is 1.95 bits per heavy atom. The molecule has 0 fully saturated rings. The number of nitrogens with zero attached hydrogens (tertiary/aromatic N) is 1. The van der Waals surface area contributed by atoms with Crippen LogP contribution in [0.1, 0.15) is 18.1 Å². The molecule has 4 heteroatoms. The van der Waals surface area contributed by atoms with Crippen molar-refractivity contribution >= 4 is 11.6 Å². The van der Waals surface area contributed by atoms with Crippen LogP contribution in [0.15, 0.2) is 48.8 Å². The summed E-state index contributed by atoms with van der Waals surface area (Å²) in [4.78, 5) is 15.0. The molecule has 2 rings (SSSR count). The lowest BCUT2D eigenvalue weighted by Gasteiger charge is -2.06. The zero-order valence-electron chi connectivity index (χ0n) is 11.6. The second-order valence-electron chi connectivity index (χ2n) is 4.67. The van der Waals surface area contributed by atoms with E-state index in [2.05, 4.69) is 21.7 Å². The van der Waals surface area contributed by atoms with Gasteiger partial charge < -0.3 is 10.6 Å². The SMILES string of the molecule is CC(=O)Nc1ccc(CNCCc2cccnc2)cc1. The minimum Gasteiger partial charge on any atom is -0.326 e. The molecule has 2 N–H and O–H groups in total. The van der Waals surface area contributed by atoms with Crippen molar-refractivity contribution < 1.29 is 4.79 Å². The molecule has 1 heterocycles. The van der Waals surface area contributed by atoms with Crippen molar-refractivity contribution in [2.24, 2.45) is 0 Å². The molecule has 104 valence electrons. The third kappa shape index (κ3) is 4.82. The number of anilines is 1. The summed E-state index contributed by atoms with van der Waals surface area (Å²) in [5.74, 6) is -0.0488. The lowest BCUT2D eigenvalue weighted by Crippen LogP contribution is -2.16. The Morgan fingerprint density at radius 1 is 1.15 bits per heavy atom. The number of pyridine rings is 1. The van der Waals surface area contributed by atoms with E-state index in [0.717, 1.165) is 25.2 Å². The van der Waals surface area contributed by atoms with E-state index in [1.807, 2.05) is 36.5 Å². The lowest BCUT2D eigenvalue weighted by atomic mass is 10.2. The summed E-state index contributed by atoms with van der Waals surface area (Å²) in [5, 5.41) is 6.15. The van der Waals surface area contributed by atoms with E-state index in [1.54, 1.807) is 6.20 Å². The van der Waals surface area contributed by atoms with Gasteiger partial charge in [0.05, 0.1) is 0 Å². The molecule has 0 spiro atoms. The number of hydrogen-bond acceptors (Lipinski definition) is 3. The number of carbonyl (C=O) groups excluding carboxylic acids is 1. The molecule has 0 unspecified atom stereocenters. The molecule has 0 atom stereocenters. The molecular formula is C16H19N3O. The summed E-state index contributed by atoms with van der Waals surface area (Å²) >= 11 is 0. The predicted octanol–water partition coefficient (Wildman–Crippen LogP) is 2.37. The summed E-state index contributed by atoms with van der Waals surface area (Å²) in [6, 6.07) is 11.9. The molecule has 1 aromatic heterocycles. The van der Waals surface area contributed by atoms with Crippen molar-refractivity contribution in [3.8, 4) is 0 Å². The van der Waals surface area contributed by atoms with Crippen molar-refractivity contribution in [1.82, 2.24) is 10.3 Å². The molecule has 1 aromatic carbocycles. The van der Waals surface area contributed by atoms with Crippen LogP contribution in [0.25, 0.3) is 0 Å². The molecule has 0 bridgehead atoms. The van der Waals surface area contributed by atoms with E-state index < -0.39 is 0 Å². The maximum absolute atomic E-state index is 10.9. The number of hydrogen-bond donors (Lipinski definition) is 2. The van der Waals surface area contributed by atoms with Crippen molar-refractivity contribution in [2.45, 2.75) is 19.9 Å². The fraction of sp³-hybridized carbons (Fsp3) is 0.250. The molecule has 0 aliphatic heterocycles. The van der Waals surface area contributed by atoms with Gasteiger partial charge in [0.25, 0.3) is 0 Å². The van der Waals surface area contributed by atoms with Crippen LogP contribution < -0.4 is 10.6 Å². The first-order valence-corrected chi connectivity index (χ1v) is 6.70. The first-order valence-electron chi connectivity index (χ1n) is 6.70. The van der Waals surface area contributed by atoms with Gasteiger partial charge in [0, 0.05) is 31.5 Å². The van der Waals surface area contributed by atoms with E-state index >= 15 is 0 Å². The Balaban J connectivity index is 1.73. The average Bonchev–Trinajstić information content (AvgIpc) is 2.46. The zero-order valence-corrected chi connectivity index (χ0v) is 11.6. The van der Waals surface area contributed by atoms with Gasteiger partial charge in [-0.1, -0.05) is 18.2 Å². The predicted molar refractivity (Wildman–Crippen MR) is 80.4 cm³/mol. The Morgan fingerprint density at radius 3 is 2.60 bits per heavy atom. The van der Waals surface area contributed by atoms with E-state index in [1.165, 1.54) is 18.1 Å². The number of carbonyl (C=O) groups is 1. The van der Waals surface area contributed by atoms with Gasteiger partial charge in [-0.2, -0.15) is 0 Å². The minimum atomic E-state index is -0.0488. The molecular weight excluding hydrogens is 250 g/mol. The van der Waals surface area contributed by atoms with Crippen LogP contribution in [-0.2, 0) is 17.8 Å². The van der Waals surface area contributed by atoms with Gasteiger partial charge in [0.2, 0.25) is 5.91 Å². The quantitative estimate of drug-likeness (QED) is 0.792. The maximum atomic E-state index is 10.9. The van der Waals surface area contributed by atoms with E-state index in [0.29, 0.717) is 0 Å². The van der Waals surface area contributed by atoms with Gasteiger partial charge >= 0.3 is 0 Å². The highest BCUT2D eigenvalue weighted by molar-refractivity contribution is 5.88. The Bertz CT molecular complexity index is 537. The summed E-state index contributed by atoms with van der Waals surface area (Å²) in [6.07, 6.45) is 4.65. The van der Waals surface area contributed by atoms with Crippen molar-refractivity contribution in [2.75, 3.05) is 11.9 Å². The summed E-state index contributed by atoms with van der Waals surface area (Å²) < 4.78 is 0. The van der Waals surface area contributed by atoms with Crippen molar-refractivity contribution in [3.05, 3.63) is 59.9 Å². The van der Waals surface area contributed by atoms with Crippen LogP contribution in [-0.4, -0.2) is 17.4 Å². The second-order valence-corrected chi connectivity index (χ2v) is 4.67. The second kappa shape index (κ2) is 7.40. The topological polar surface area (TPSA) is 54.0 Å². The van der Waals surface area contributed by atoms with Crippen LogP contribution in [0, 0.1) is 0 Å². The van der Waals surface area contributed by atoms with E-state index in [9.17, 15) is 4.79 Å². The molecule has 4 nitrogen and oxygen atoms in total. The number of rotatable bonds is 6. The standard InChI is InChI=1S/C16H19N3O/c1-13(20)19-16-6-4-15(5-7-16)12-18-10-8-14-3-2-9-17-11-14/h2-7,9,11,18H,8,10,12H2,1H3,(H,19,20). The average molecular weight is 269 g/mol. The minimum absolute atomic E-state index is 0.0488.